The lowest BCUT2D eigenvalue weighted by Crippen LogP contribution is -2.53. The summed E-state index contributed by atoms with van der Waals surface area (Å²) in [6.07, 6.45) is -1.16. The van der Waals surface area contributed by atoms with Crippen LogP contribution in [0.1, 0.15) is 28.4 Å². The van der Waals surface area contributed by atoms with E-state index in [2.05, 4.69) is 16.0 Å². The van der Waals surface area contributed by atoms with Crippen LogP contribution in [-0.2, 0) is 23.2 Å². The summed E-state index contributed by atoms with van der Waals surface area (Å²) in [7, 11) is 1.71. The maximum absolute atomic E-state index is 13.1. The molecule has 40 heavy (non-hydrogen) atoms. The summed E-state index contributed by atoms with van der Waals surface area (Å²) in [5.41, 5.74) is 2.22. The lowest BCUT2D eigenvalue weighted by Gasteiger charge is -2.24. The Kier molecular flexibility index (Phi) is 9.18. The minimum atomic E-state index is -1.20. The zero-order valence-corrected chi connectivity index (χ0v) is 22.9. The summed E-state index contributed by atoms with van der Waals surface area (Å²) in [4.78, 5) is 53.5. The van der Waals surface area contributed by atoms with Crippen molar-refractivity contribution in [2.45, 2.75) is 32.5 Å². The van der Waals surface area contributed by atoms with E-state index in [0.717, 1.165) is 16.5 Å². The molecule has 0 saturated heterocycles. The van der Waals surface area contributed by atoms with Gasteiger partial charge in [-0.2, -0.15) is 0 Å². The molecule has 11 nitrogen and oxygen atoms in total. The summed E-state index contributed by atoms with van der Waals surface area (Å²) in [5, 5.41) is 19.3. The lowest BCUT2D eigenvalue weighted by atomic mass is 10.1. The van der Waals surface area contributed by atoms with Gasteiger partial charge in [-0.15, -0.1) is 0 Å². The van der Waals surface area contributed by atoms with Crippen molar-refractivity contribution in [3.63, 3.8) is 0 Å². The normalized spacial score (nSPS) is 18.7. The quantitative estimate of drug-likeness (QED) is 0.372. The van der Waals surface area contributed by atoms with Gasteiger partial charge in [0.2, 0.25) is 11.8 Å². The maximum Gasteiger partial charge on any atom is 0.255 e. The van der Waals surface area contributed by atoms with E-state index in [1.165, 1.54) is 6.92 Å². The number of aromatic nitrogens is 1. The summed E-state index contributed by atoms with van der Waals surface area (Å²) < 4.78 is 7.39. The first kappa shape index (κ1) is 28.8. The van der Waals surface area contributed by atoms with Crippen molar-refractivity contribution in [1.29, 1.82) is 0 Å². The van der Waals surface area contributed by atoms with Crippen LogP contribution in [0.15, 0.2) is 53.3 Å². The first-order valence-corrected chi connectivity index (χ1v) is 13.2. The Balaban J connectivity index is 1.57. The van der Waals surface area contributed by atoms with Crippen LogP contribution in [0.4, 0.5) is 0 Å². The Bertz CT molecular complexity index is 1470. The van der Waals surface area contributed by atoms with Crippen molar-refractivity contribution in [3.05, 3.63) is 75.6 Å². The third-order valence-corrected chi connectivity index (χ3v) is 6.88. The first-order chi connectivity index (χ1) is 19.1. The van der Waals surface area contributed by atoms with Crippen LogP contribution in [0.25, 0.3) is 10.9 Å². The number of rotatable bonds is 3. The van der Waals surface area contributed by atoms with Gasteiger partial charge >= 0.3 is 0 Å². The predicted molar refractivity (Wildman–Crippen MR) is 150 cm³/mol. The molecule has 1 aromatic heterocycles. The summed E-state index contributed by atoms with van der Waals surface area (Å²) in [6.45, 7) is 4.20. The Morgan fingerprint density at radius 3 is 2.60 bits per heavy atom. The van der Waals surface area contributed by atoms with Crippen molar-refractivity contribution < 1.29 is 24.2 Å². The number of nitrogens with one attached hydrogen (secondary N) is 3. The molecule has 212 valence electrons. The molecule has 0 unspecified atom stereocenters. The Morgan fingerprint density at radius 1 is 1.05 bits per heavy atom. The van der Waals surface area contributed by atoms with E-state index in [0.29, 0.717) is 11.3 Å². The van der Waals surface area contributed by atoms with E-state index in [1.807, 2.05) is 37.3 Å². The number of hydrogen-bond acceptors (Lipinski definition) is 7. The minimum absolute atomic E-state index is 0.0169. The molecule has 3 amide bonds. The zero-order chi connectivity index (χ0) is 28.8. The number of pyridine rings is 1. The monoisotopic (exact) mass is 549 g/mol. The number of benzene rings is 2. The van der Waals surface area contributed by atoms with Gasteiger partial charge in [-0.05, 0) is 49.1 Å². The highest BCUT2D eigenvalue weighted by atomic mass is 16.5. The molecule has 11 heteroatoms. The highest BCUT2D eigenvalue weighted by Crippen LogP contribution is 2.20. The van der Waals surface area contributed by atoms with E-state index in [9.17, 15) is 24.3 Å². The minimum Gasteiger partial charge on any atom is -0.491 e. The van der Waals surface area contributed by atoms with Crippen molar-refractivity contribution in [2.24, 2.45) is 7.05 Å². The van der Waals surface area contributed by atoms with E-state index in [1.54, 1.807) is 34.7 Å². The molecule has 1 aliphatic rings. The number of aryl methyl sites for hydroxylation is 2. The van der Waals surface area contributed by atoms with Crippen LogP contribution in [0.3, 0.4) is 0 Å². The molecule has 2 heterocycles. The van der Waals surface area contributed by atoms with Crippen LogP contribution in [0.5, 0.6) is 5.75 Å². The predicted octanol–water partition coefficient (Wildman–Crippen LogP) is 0.453. The second-order valence-electron chi connectivity index (χ2n) is 9.96. The van der Waals surface area contributed by atoms with Gasteiger partial charge in [-0.25, -0.2) is 0 Å². The van der Waals surface area contributed by atoms with Crippen LogP contribution in [-0.4, -0.2) is 77.2 Å². The molecular weight excluding hydrogens is 514 g/mol. The number of carbonyl (C=O) groups excluding carboxylic acids is 3. The highest BCUT2D eigenvalue weighted by Gasteiger charge is 2.26. The van der Waals surface area contributed by atoms with Gasteiger partial charge in [0.1, 0.15) is 18.4 Å². The van der Waals surface area contributed by atoms with E-state index < -0.39 is 24.0 Å². The lowest BCUT2D eigenvalue weighted by molar-refractivity contribution is -0.125. The Labute approximate surface area is 232 Å². The van der Waals surface area contributed by atoms with E-state index in [-0.39, 0.29) is 56.4 Å². The average Bonchev–Trinajstić information content (AvgIpc) is 2.92. The fraction of sp³-hybridized carbons (Fsp3) is 0.379. The van der Waals surface area contributed by atoms with Crippen molar-refractivity contribution in [1.82, 2.24) is 25.4 Å². The van der Waals surface area contributed by atoms with Gasteiger partial charge in [0, 0.05) is 37.8 Å². The first-order valence-electron chi connectivity index (χ1n) is 13.2. The molecule has 0 spiro atoms. The van der Waals surface area contributed by atoms with E-state index in [4.69, 9.17) is 4.74 Å². The number of amides is 3. The fourth-order valence-corrected chi connectivity index (χ4v) is 4.64. The molecule has 0 aliphatic carbocycles. The standard InChI is InChI=1S/C29H35N5O6/c1-18-8-9-21-15-24(18)40-13-11-30-25(36)17-34(12-10-31-28(38)26(19(2)35)32-27(21)37)16-22-14-20-6-4-5-7-23(20)33(3)29(22)39/h4-9,14-15,19,26,35H,10-13,16-17H2,1-3H3,(H,30,36)(H,31,38)(H,32,37)/t19-,26+/m1/s1. The van der Waals surface area contributed by atoms with Gasteiger partial charge in [0.05, 0.1) is 24.7 Å². The molecule has 2 bridgehead atoms. The fourth-order valence-electron chi connectivity index (χ4n) is 4.64. The van der Waals surface area contributed by atoms with Crippen LogP contribution in [0.2, 0.25) is 0 Å². The molecule has 0 fully saturated rings. The average molecular weight is 550 g/mol. The molecule has 4 rings (SSSR count). The van der Waals surface area contributed by atoms with Crippen molar-refractivity contribution in [2.75, 3.05) is 32.8 Å². The second-order valence-corrected chi connectivity index (χ2v) is 9.96. The van der Waals surface area contributed by atoms with Gasteiger partial charge in [-0.1, -0.05) is 24.3 Å². The molecule has 1 aliphatic heterocycles. The van der Waals surface area contributed by atoms with E-state index >= 15 is 0 Å². The number of aliphatic hydroxyl groups is 1. The number of fused-ring (bicyclic) bond motifs is 3. The molecular formula is C29H35N5O6. The molecule has 0 radical (unpaired) electrons. The van der Waals surface area contributed by atoms with Crippen LogP contribution >= 0.6 is 0 Å². The summed E-state index contributed by atoms with van der Waals surface area (Å²) >= 11 is 0. The maximum atomic E-state index is 13.1. The number of carbonyl (C=O) groups is 3. The number of para-hydroxylation sites is 1. The molecule has 0 saturated carbocycles. The number of aliphatic hydroxyl groups excluding tert-OH is 1. The Hall–Kier alpha value is -4.22. The van der Waals surface area contributed by atoms with Crippen LogP contribution < -0.4 is 26.2 Å². The second kappa shape index (κ2) is 12.8. The topological polar surface area (TPSA) is 142 Å². The molecule has 3 aromatic rings. The SMILES string of the molecule is Cc1ccc2cc1OCCNC(=O)CN(Cc1cc3ccccc3n(C)c1=O)CCNC(=O)[C@H]([C@@H](C)O)NC2=O. The number of nitrogens with zero attached hydrogens (tertiary/aromatic N) is 2. The summed E-state index contributed by atoms with van der Waals surface area (Å²) in [6, 6.07) is 13.1. The van der Waals surface area contributed by atoms with Gasteiger partial charge in [0.15, 0.2) is 0 Å². The largest absolute Gasteiger partial charge is 0.491 e. The number of hydrogen-bond donors (Lipinski definition) is 4. The van der Waals surface area contributed by atoms with Gasteiger partial charge < -0.3 is 30.4 Å². The smallest absolute Gasteiger partial charge is 0.255 e. The zero-order valence-electron chi connectivity index (χ0n) is 22.9. The molecule has 2 atom stereocenters. The molecule has 4 N–H and O–H groups in total. The van der Waals surface area contributed by atoms with Crippen LogP contribution in [0, 0.1) is 6.92 Å². The molecule has 2 aromatic carbocycles. The van der Waals surface area contributed by atoms with Gasteiger partial charge in [-0.3, -0.25) is 24.1 Å². The van der Waals surface area contributed by atoms with Gasteiger partial charge in [0.25, 0.3) is 11.5 Å². The number of ether oxygens (including phenoxy) is 1. The Morgan fingerprint density at radius 2 is 1.82 bits per heavy atom. The van der Waals surface area contributed by atoms with Crippen molar-refractivity contribution in [3.8, 4) is 5.75 Å². The summed E-state index contributed by atoms with van der Waals surface area (Å²) in [5.74, 6) is -0.890. The highest BCUT2D eigenvalue weighted by molar-refractivity contribution is 5.98. The third-order valence-electron chi connectivity index (χ3n) is 6.88. The third kappa shape index (κ3) is 6.85. The van der Waals surface area contributed by atoms with Crippen molar-refractivity contribution >= 4 is 28.6 Å².